The molecule has 1 aromatic carbocycles. The van der Waals surface area contributed by atoms with Crippen molar-refractivity contribution in [1.82, 2.24) is 19.9 Å². The molecule has 7 nitrogen and oxygen atoms in total. The molecule has 0 fully saturated rings. The third-order valence-corrected chi connectivity index (χ3v) is 5.77. The average Bonchev–Trinajstić information content (AvgIpc) is 2.86. The van der Waals surface area contributed by atoms with Gasteiger partial charge in [-0.1, -0.05) is 6.07 Å². The zero-order valence-electron chi connectivity index (χ0n) is 19.7. The molecule has 10 heteroatoms. The maximum atomic E-state index is 13.9. The molecule has 0 spiro atoms. The molecule has 4 aromatic rings. The summed E-state index contributed by atoms with van der Waals surface area (Å²) in [6, 6.07) is 13.8. The number of alkyl halides is 3. The minimum atomic E-state index is -4.51. The van der Waals surface area contributed by atoms with E-state index in [1.807, 2.05) is 13.0 Å². The number of benzene rings is 1. The third-order valence-electron chi connectivity index (χ3n) is 5.77. The standard InChI is InChI=1S/C26H24F3N5O2/c1-16-11-18-12-17(6-9-21(18)33-24(16)30)25(35)34(23(15-36-2)22-5-3-4-10-31-22)14-20-8-7-19(13-32-20)26(27,28)29/h3-13,23H,14-15H2,1-2H3,(H2,30,33)/t23-/m1/s1. The highest BCUT2D eigenvalue weighted by molar-refractivity contribution is 5.98. The molecule has 0 unspecified atom stereocenters. The van der Waals surface area contributed by atoms with Gasteiger partial charge in [0.1, 0.15) is 5.82 Å². The number of aromatic nitrogens is 3. The molecule has 3 aromatic heterocycles. The van der Waals surface area contributed by atoms with E-state index in [4.69, 9.17) is 10.5 Å². The second-order valence-corrected chi connectivity index (χ2v) is 8.29. The Bertz CT molecular complexity index is 1360. The van der Waals surface area contributed by atoms with Gasteiger partial charge in [0.2, 0.25) is 0 Å². The summed E-state index contributed by atoms with van der Waals surface area (Å²) in [7, 11) is 1.50. The minimum absolute atomic E-state index is 0.0569. The van der Waals surface area contributed by atoms with Crippen molar-refractivity contribution in [1.29, 1.82) is 0 Å². The maximum absolute atomic E-state index is 13.9. The van der Waals surface area contributed by atoms with Gasteiger partial charge in [0.25, 0.3) is 5.91 Å². The van der Waals surface area contributed by atoms with Crippen molar-refractivity contribution < 1.29 is 22.7 Å². The first-order valence-electron chi connectivity index (χ1n) is 11.1. The van der Waals surface area contributed by atoms with E-state index < -0.39 is 17.8 Å². The zero-order valence-corrected chi connectivity index (χ0v) is 19.7. The molecule has 0 aliphatic heterocycles. The molecule has 186 valence electrons. The van der Waals surface area contributed by atoms with Crippen LogP contribution in [0.1, 0.15) is 38.9 Å². The van der Waals surface area contributed by atoms with Gasteiger partial charge in [-0.3, -0.25) is 14.8 Å². The lowest BCUT2D eigenvalue weighted by molar-refractivity contribution is -0.137. The topological polar surface area (TPSA) is 94.2 Å². The lowest BCUT2D eigenvalue weighted by Gasteiger charge is -2.31. The summed E-state index contributed by atoms with van der Waals surface area (Å²) in [5.41, 5.74) is 7.71. The van der Waals surface area contributed by atoms with Gasteiger partial charge >= 0.3 is 6.18 Å². The summed E-state index contributed by atoms with van der Waals surface area (Å²) in [6.45, 7) is 1.89. The SMILES string of the molecule is COC[C@H](c1ccccn1)N(Cc1ccc(C(F)(F)F)cn1)C(=O)c1ccc2nc(N)c(C)cc2c1. The summed E-state index contributed by atoms with van der Waals surface area (Å²) in [4.78, 5) is 28.1. The summed E-state index contributed by atoms with van der Waals surface area (Å²) in [5.74, 6) is 0.0488. The fourth-order valence-corrected chi connectivity index (χ4v) is 3.85. The van der Waals surface area contributed by atoms with E-state index in [0.29, 0.717) is 28.3 Å². The Hall–Kier alpha value is -4.05. The van der Waals surface area contributed by atoms with Crippen molar-refractivity contribution in [3.63, 3.8) is 0 Å². The van der Waals surface area contributed by atoms with Gasteiger partial charge < -0.3 is 15.4 Å². The van der Waals surface area contributed by atoms with Crippen LogP contribution in [0.2, 0.25) is 0 Å². The summed E-state index contributed by atoms with van der Waals surface area (Å²) in [6.07, 6.45) is -2.14. The molecule has 2 N–H and O–H groups in total. The number of carbonyl (C=O) groups excluding carboxylic acids is 1. The molecule has 1 atom stereocenters. The Morgan fingerprint density at radius 2 is 1.92 bits per heavy atom. The van der Waals surface area contributed by atoms with Crippen LogP contribution in [0.4, 0.5) is 19.0 Å². The van der Waals surface area contributed by atoms with Crippen molar-refractivity contribution in [3.05, 3.63) is 95.1 Å². The predicted molar refractivity (Wildman–Crippen MR) is 129 cm³/mol. The van der Waals surface area contributed by atoms with E-state index in [-0.39, 0.29) is 19.1 Å². The lowest BCUT2D eigenvalue weighted by atomic mass is 10.1. The highest BCUT2D eigenvalue weighted by Crippen LogP contribution is 2.30. The van der Waals surface area contributed by atoms with Crippen molar-refractivity contribution in [2.45, 2.75) is 25.7 Å². The number of hydrogen-bond donors (Lipinski definition) is 1. The Morgan fingerprint density at radius 1 is 1.11 bits per heavy atom. The van der Waals surface area contributed by atoms with Gasteiger partial charge in [-0.15, -0.1) is 0 Å². The van der Waals surface area contributed by atoms with Crippen LogP contribution in [0.25, 0.3) is 10.9 Å². The molecule has 4 rings (SSSR count). The Balaban J connectivity index is 1.75. The van der Waals surface area contributed by atoms with E-state index in [1.165, 1.54) is 18.1 Å². The van der Waals surface area contributed by atoms with Crippen molar-refractivity contribution >= 4 is 22.6 Å². The molecular weight excluding hydrogens is 471 g/mol. The number of methoxy groups -OCH3 is 1. The van der Waals surface area contributed by atoms with E-state index in [1.54, 1.807) is 42.6 Å². The van der Waals surface area contributed by atoms with Gasteiger partial charge in [-0.05, 0) is 61.0 Å². The molecule has 0 aliphatic rings. The van der Waals surface area contributed by atoms with Crippen LogP contribution < -0.4 is 5.73 Å². The number of anilines is 1. The number of aryl methyl sites for hydroxylation is 1. The number of nitrogens with two attached hydrogens (primary N) is 1. The first-order chi connectivity index (χ1) is 17.2. The Morgan fingerprint density at radius 3 is 2.56 bits per heavy atom. The molecule has 3 heterocycles. The second-order valence-electron chi connectivity index (χ2n) is 8.29. The fourth-order valence-electron chi connectivity index (χ4n) is 3.85. The Labute approximate surface area is 205 Å². The van der Waals surface area contributed by atoms with Gasteiger partial charge in [-0.25, -0.2) is 4.98 Å². The average molecular weight is 496 g/mol. The maximum Gasteiger partial charge on any atom is 0.417 e. The van der Waals surface area contributed by atoms with Crippen molar-refractivity contribution in [2.75, 3.05) is 19.5 Å². The second kappa shape index (κ2) is 10.3. The summed E-state index contributed by atoms with van der Waals surface area (Å²) in [5, 5.41) is 0.737. The van der Waals surface area contributed by atoms with E-state index in [2.05, 4.69) is 15.0 Å². The highest BCUT2D eigenvalue weighted by Gasteiger charge is 2.32. The number of hydrogen-bond acceptors (Lipinski definition) is 6. The monoisotopic (exact) mass is 495 g/mol. The number of fused-ring (bicyclic) bond motifs is 1. The molecule has 0 saturated heterocycles. The van der Waals surface area contributed by atoms with Crippen LogP contribution in [0.3, 0.4) is 0 Å². The van der Waals surface area contributed by atoms with Crippen molar-refractivity contribution in [2.24, 2.45) is 0 Å². The fraction of sp³-hybridized carbons (Fsp3) is 0.231. The zero-order chi connectivity index (χ0) is 25.9. The van der Waals surface area contributed by atoms with E-state index in [0.717, 1.165) is 23.2 Å². The van der Waals surface area contributed by atoms with Crippen molar-refractivity contribution in [3.8, 4) is 0 Å². The number of nitrogens with zero attached hydrogens (tertiary/aromatic N) is 4. The third kappa shape index (κ3) is 5.44. The Kier molecular flexibility index (Phi) is 7.16. The van der Waals surface area contributed by atoms with E-state index >= 15 is 0 Å². The number of ether oxygens (including phenoxy) is 1. The first kappa shape index (κ1) is 25.1. The van der Waals surface area contributed by atoms with Gasteiger partial charge in [0, 0.05) is 30.5 Å². The van der Waals surface area contributed by atoms with Crippen LogP contribution in [-0.4, -0.2) is 39.5 Å². The number of carbonyl (C=O) groups is 1. The number of nitrogen functional groups attached to an aromatic ring is 1. The van der Waals surface area contributed by atoms with Gasteiger partial charge in [0.15, 0.2) is 0 Å². The molecule has 0 radical (unpaired) electrons. The molecular formula is C26H24F3N5O2. The molecule has 1 amide bonds. The van der Waals surface area contributed by atoms with Crippen LogP contribution in [0, 0.1) is 6.92 Å². The quantitative estimate of drug-likeness (QED) is 0.389. The molecule has 0 aliphatic carbocycles. The van der Waals surface area contributed by atoms with Gasteiger partial charge in [-0.2, -0.15) is 13.2 Å². The van der Waals surface area contributed by atoms with Crippen LogP contribution >= 0.6 is 0 Å². The van der Waals surface area contributed by atoms with Gasteiger partial charge in [0.05, 0.1) is 41.7 Å². The summed E-state index contributed by atoms with van der Waals surface area (Å²) < 4.78 is 44.5. The highest BCUT2D eigenvalue weighted by atomic mass is 19.4. The summed E-state index contributed by atoms with van der Waals surface area (Å²) >= 11 is 0. The first-order valence-corrected chi connectivity index (χ1v) is 11.1. The predicted octanol–water partition coefficient (Wildman–Crippen LogP) is 4.96. The lowest BCUT2D eigenvalue weighted by Crippen LogP contribution is -2.37. The number of rotatable bonds is 7. The smallest absolute Gasteiger partial charge is 0.383 e. The van der Waals surface area contributed by atoms with Crippen LogP contribution in [0.15, 0.2) is 67.0 Å². The number of halogens is 3. The number of pyridine rings is 3. The molecule has 36 heavy (non-hydrogen) atoms. The molecule has 0 saturated carbocycles. The minimum Gasteiger partial charge on any atom is -0.383 e. The molecule has 0 bridgehead atoms. The largest absolute Gasteiger partial charge is 0.417 e. The van der Waals surface area contributed by atoms with Crippen LogP contribution in [0.5, 0.6) is 0 Å². The normalized spacial score (nSPS) is 12.5. The van der Waals surface area contributed by atoms with E-state index in [9.17, 15) is 18.0 Å². The van der Waals surface area contributed by atoms with Crippen LogP contribution in [-0.2, 0) is 17.5 Å². The number of amides is 1.